The fourth-order valence-corrected chi connectivity index (χ4v) is 5.09. The molecule has 3 aromatic rings. The first-order valence-corrected chi connectivity index (χ1v) is 13.4. The summed E-state index contributed by atoms with van der Waals surface area (Å²) in [6.07, 6.45) is 4.37. The number of hydrogen-bond acceptors (Lipinski definition) is 7. The highest BCUT2D eigenvalue weighted by Gasteiger charge is 2.21. The van der Waals surface area contributed by atoms with Gasteiger partial charge in [-0.25, -0.2) is 18.2 Å². The molecule has 0 unspecified atom stereocenters. The third-order valence-electron chi connectivity index (χ3n) is 6.50. The molecular weight excluding hydrogens is 472 g/mol. The Morgan fingerprint density at radius 3 is 2.37 bits per heavy atom. The van der Waals surface area contributed by atoms with Gasteiger partial charge in [-0.15, -0.1) is 0 Å². The molecule has 2 aromatic heterocycles. The van der Waals surface area contributed by atoms with E-state index in [9.17, 15) is 22.8 Å². The molecule has 0 aliphatic carbocycles. The number of nitrogens with zero attached hydrogens (tertiary/aromatic N) is 6. The van der Waals surface area contributed by atoms with Gasteiger partial charge >= 0.3 is 5.69 Å². The third-order valence-corrected chi connectivity index (χ3v) is 7.62. The van der Waals surface area contributed by atoms with Crippen LogP contribution in [0.15, 0.2) is 45.1 Å². The number of amides is 1. The van der Waals surface area contributed by atoms with E-state index in [2.05, 4.69) is 9.88 Å². The molecule has 1 aliphatic rings. The minimum atomic E-state index is -3.30. The summed E-state index contributed by atoms with van der Waals surface area (Å²) in [4.78, 5) is 46.2. The molecule has 1 aliphatic heterocycles. The summed E-state index contributed by atoms with van der Waals surface area (Å²) in [5, 5.41) is 0. The zero-order valence-electron chi connectivity index (χ0n) is 20.2. The van der Waals surface area contributed by atoms with Crippen LogP contribution in [0.25, 0.3) is 11.2 Å². The first-order chi connectivity index (χ1) is 16.6. The number of carbonyl (C=O) groups is 1. The Morgan fingerprint density at radius 1 is 0.971 bits per heavy atom. The number of hydrogen-bond donors (Lipinski definition) is 0. The summed E-state index contributed by atoms with van der Waals surface area (Å²) in [6, 6.07) is 6.07. The topological polar surface area (TPSA) is 120 Å². The van der Waals surface area contributed by atoms with E-state index in [0.29, 0.717) is 36.4 Å². The lowest BCUT2D eigenvalue weighted by Crippen LogP contribution is -2.37. The van der Waals surface area contributed by atoms with Gasteiger partial charge in [0.1, 0.15) is 0 Å². The summed E-state index contributed by atoms with van der Waals surface area (Å²) in [6.45, 7) is 4.21. The Hall–Kier alpha value is -3.25. The largest absolute Gasteiger partial charge is 0.337 e. The molecule has 0 spiro atoms. The Labute approximate surface area is 203 Å². The van der Waals surface area contributed by atoms with E-state index in [1.165, 1.54) is 23.7 Å². The van der Waals surface area contributed by atoms with E-state index in [-0.39, 0.29) is 16.4 Å². The van der Waals surface area contributed by atoms with Crippen molar-refractivity contribution in [3.05, 3.63) is 57.0 Å². The summed E-state index contributed by atoms with van der Waals surface area (Å²) in [5.74, 6) is -0.0988. The van der Waals surface area contributed by atoms with Crippen LogP contribution in [0.4, 0.5) is 0 Å². The molecule has 1 amide bonds. The van der Waals surface area contributed by atoms with Gasteiger partial charge in [0.25, 0.3) is 11.5 Å². The molecule has 1 saturated heterocycles. The van der Waals surface area contributed by atoms with Crippen LogP contribution in [0.1, 0.15) is 23.2 Å². The molecule has 1 aromatic carbocycles. The number of aromatic nitrogens is 4. The predicted molar refractivity (Wildman–Crippen MR) is 131 cm³/mol. The monoisotopic (exact) mass is 502 g/mol. The fourth-order valence-electron chi connectivity index (χ4n) is 4.46. The minimum absolute atomic E-state index is 0.0988. The predicted octanol–water partition coefficient (Wildman–Crippen LogP) is 0.0754. The van der Waals surface area contributed by atoms with Crippen molar-refractivity contribution in [3.63, 3.8) is 0 Å². The summed E-state index contributed by atoms with van der Waals surface area (Å²) < 4.78 is 27.6. The van der Waals surface area contributed by atoms with Crippen LogP contribution in [0.3, 0.4) is 0 Å². The lowest BCUT2D eigenvalue weighted by Gasteiger charge is -2.22. The molecule has 188 valence electrons. The van der Waals surface area contributed by atoms with Crippen LogP contribution in [-0.2, 0) is 30.5 Å². The molecule has 4 rings (SSSR count). The zero-order valence-corrected chi connectivity index (χ0v) is 21.0. The second kappa shape index (κ2) is 9.78. The number of aryl methyl sites for hydroxylation is 2. The van der Waals surface area contributed by atoms with Crippen LogP contribution in [0, 0.1) is 0 Å². The van der Waals surface area contributed by atoms with Crippen molar-refractivity contribution in [2.45, 2.75) is 24.3 Å². The number of rotatable bonds is 6. The average Bonchev–Trinajstić information content (AvgIpc) is 3.11. The first kappa shape index (κ1) is 24.9. The van der Waals surface area contributed by atoms with E-state index < -0.39 is 15.5 Å². The lowest BCUT2D eigenvalue weighted by atomic mass is 10.2. The Kier molecular flexibility index (Phi) is 6.95. The number of imidazole rings is 1. The average molecular weight is 503 g/mol. The van der Waals surface area contributed by atoms with Crippen LogP contribution in [0.2, 0.25) is 0 Å². The van der Waals surface area contributed by atoms with Crippen LogP contribution < -0.4 is 11.2 Å². The number of benzene rings is 1. The number of fused-ring (bicyclic) bond motifs is 1. The maximum absolute atomic E-state index is 12.9. The normalized spacial score (nSPS) is 15.5. The fraction of sp³-hybridized carbons (Fsp3) is 0.478. The molecule has 3 heterocycles. The summed E-state index contributed by atoms with van der Waals surface area (Å²) in [5.41, 5.74) is 0.529. The quantitative estimate of drug-likeness (QED) is 0.468. The molecule has 0 bridgehead atoms. The number of carbonyl (C=O) groups excluding carboxylic acids is 1. The highest BCUT2D eigenvalue weighted by atomic mass is 32.2. The van der Waals surface area contributed by atoms with Gasteiger partial charge in [0, 0.05) is 52.1 Å². The standard InChI is InChI=1S/C23H30N6O5S/c1-25-20-19(22(31)26(2)23(25)32)29(16-24-20)13-5-11-27-10-4-12-28(15-14-27)21(30)17-6-8-18(9-7-17)35(3,33)34/h6-9,16H,4-5,10-15H2,1-3H3. The van der Waals surface area contributed by atoms with Gasteiger partial charge in [-0.2, -0.15) is 0 Å². The molecule has 1 fully saturated rings. The van der Waals surface area contributed by atoms with Gasteiger partial charge in [0.2, 0.25) is 0 Å². The Morgan fingerprint density at radius 2 is 1.69 bits per heavy atom. The second-order valence-electron chi connectivity index (χ2n) is 8.95. The molecule has 0 saturated carbocycles. The van der Waals surface area contributed by atoms with Gasteiger partial charge in [-0.1, -0.05) is 0 Å². The SMILES string of the molecule is Cn1c(=O)c2c(ncn2CCCN2CCCN(C(=O)c3ccc(S(C)(=O)=O)cc3)CC2)n(C)c1=O. The molecule has 12 heteroatoms. The first-order valence-electron chi connectivity index (χ1n) is 11.5. The highest BCUT2D eigenvalue weighted by molar-refractivity contribution is 7.90. The summed E-state index contributed by atoms with van der Waals surface area (Å²) >= 11 is 0. The van der Waals surface area contributed by atoms with Crippen molar-refractivity contribution < 1.29 is 13.2 Å². The van der Waals surface area contributed by atoms with Crippen LogP contribution >= 0.6 is 0 Å². The van der Waals surface area contributed by atoms with Gasteiger partial charge < -0.3 is 14.4 Å². The Balaban J connectivity index is 1.35. The minimum Gasteiger partial charge on any atom is -0.337 e. The van der Waals surface area contributed by atoms with Crippen molar-refractivity contribution in [3.8, 4) is 0 Å². The maximum Gasteiger partial charge on any atom is 0.332 e. The number of sulfone groups is 1. The van der Waals surface area contributed by atoms with Gasteiger partial charge in [-0.05, 0) is 50.2 Å². The molecule has 11 nitrogen and oxygen atoms in total. The van der Waals surface area contributed by atoms with Gasteiger partial charge in [0.05, 0.1) is 11.2 Å². The van der Waals surface area contributed by atoms with Gasteiger partial charge in [-0.3, -0.25) is 18.7 Å². The molecular formula is C23H30N6O5S. The van der Waals surface area contributed by atoms with Gasteiger partial charge in [0.15, 0.2) is 21.0 Å². The van der Waals surface area contributed by atoms with E-state index in [0.717, 1.165) is 43.3 Å². The molecule has 35 heavy (non-hydrogen) atoms. The molecule has 0 N–H and O–H groups in total. The van der Waals surface area contributed by atoms with Crippen molar-refractivity contribution in [1.82, 2.24) is 28.5 Å². The van der Waals surface area contributed by atoms with Crippen LogP contribution in [0.5, 0.6) is 0 Å². The zero-order chi connectivity index (χ0) is 25.3. The van der Waals surface area contributed by atoms with E-state index in [1.54, 1.807) is 30.1 Å². The van der Waals surface area contributed by atoms with Crippen molar-refractivity contribution in [2.75, 3.05) is 39.0 Å². The van der Waals surface area contributed by atoms with E-state index in [1.807, 2.05) is 4.90 Å². The Bertz CT molecular complexity index is 1470. The molecule has 0 atom stereocenters. The van der Waals surface area contributed by atoms with Crippen LogP contribution in [-0.4, -0.2) is 81.8 Å². The van der Waals surface area contributed by atoms with Crippen molar-refractivity contribution in [2.24, 2.45) is 14.1 Å². The lowest BCUT2D eigenvalue weighted by molar-refractivity contribution is 0.0761. The third kappa shape index (κ3) is 5.08. The van der Waals surface area contributed by atoms with E-state index in [4.69, 9.17) is 0 Å². The molecule has 0 radical (unpaired) electrons. The van der Waals surface area contributed by atoms with Crippen molar-refractivity contribution >= 4 is 26.9 Å². The smallest absolute Gasteiger partial charge is 0.332 e. The maximum atomic E-state index is 12.9. The summed E-state index contributed by atoms with van der Waals surface area (Å²) in [7, 11) is -0.233. The van der Waals surface area contributed by atoms with Crippen molar-refractivity contribution in [1.29, 1.82) is 0 Å². The highest BCUT2D eigenvalue weighted by Crippen LogP contribution is 2.14. The van der Waals surface area contributed by atoms with E-state index >= 15 is 0 Å². The second-order valence-corrected chi connectivity index (χ2v) is 11.0.